The number of carbonyl (C=O) groups excluding carboxylic acids is 1. The Hall–Kier alpha value is -5.24. The summed E-state index contributed by atoms with van der Waals surface area (Å²) in [6, 6.07) is 24.0. The third-order valence-electron chi connectivity index (χ3n) is 7.68. The van der Waals surface area contributed by atoms with Crippen molar-refractivity contribution >= 4 is 16.9 Å². The summed E-state index contributed by atoms with van der Waals surface area (Å²) in [5, 5.41) is 0.381. The van der Waals surface area contributed by atoms with Crippen molar-refractivity contribution in [2.45, 2.75) is 18.8 Å². The zero-order chi connectivity index (χ0) is 29.9. The monoisotopic (exact) mass is 578 g/mol. The summed E-state index contributed by atoms with van der Waals surface area (Å²) in [6.07, 6.45) is 2.21. The second kappa shape index (κ2) is 11.9. The molecule has 0 fully saturated rings. The normalized spacial score (nSPS) is 14.1. The molecule has 1 aromatic heterocycles. The number of fused-ring (bicyclic) bond motifs is 3. The lowest BCUT2D eigenvalue weighted by Gasteiger charge is -2.27. The molecule has 43 heavy (non-hydrogen) atoms. The molecule has 0 radical (unpaired) electrons. The molecule has 0 saturated carbocycles. The summed E-state index contributed by atoms with van der Waals surface area (Å²) < 4.78 is 34.1. The zero-order valence-corrected chi connectivity index (χ0v) is 24.0. The molecule has 8 nitrogen and oxygen atoms in total. The van der Waals surface area contributed by atoms with E-state index >= 15 is 0 Å². The van der Waals surface area contributed by atoms with Gasteiger partial charge in [0.2, 0.25) is 5.43 Å². The van der Waals surface area contributed by atoms with E-state index in [9.17, 15) is 9.59 Å². The highest BCUT2D eigenvalue weighted by Crippen LogP contribution is 2.45. The standard InChI is InChI=1S/C35H30O8/c1-38-23-11-8-21(9-12-23)16-17-41-28-7-5-4-6-24(28)26-19-32(36)43-30-15-13-25-34(37)27(20-42-35(25)33(26)30)22-10-14-29(39-2)31(18-22)40-3/h4-15,18,20,26H,16-17,19H2,1-3H3/t26-/m1/s1. The Morgan fingerprint density at radius 1 is 0.814 bits per heavy atom. The zero-order valence-electron chi connectivity index (χ0n) is 24.0. The maximum Gasteiger partial charge on any atom is 0.312 e. The Morgan fingerprint density at radius 3 is 2.37 bits per heavy atom. The molecule has 0 spiro atoms. The van der Waals surface area contributed by atoms with Gasteiger partial charge in [-0.25, -0.2) is 0 Å². The summed E-state index contributed by atoms with van der Waals surface area (Å²) in [6.45, 7) is 0.437. The van der Waals surface area contributed by atoms with Gasteiger partial charge in [-0.3, -0.25) is 9.59 Å². The number of para-hydroxylation sites is 1. The van der Waals surface area contributed by atoms with E-state index in [0.29, 0.717) is 63.7 Å². The van der Waals surface area contributed by atoms with Gasteiger partial charge in [-0.2, -0.15) is 0 Å². The van der Waals surface area contributed by atoms with Crippen LogP contribution in [0.3, 0.4) is 0 Å². The molecule has 2 heterocycles. The van der Waals surface area contributed by atoms with Crippen molar-refractivity contribution in [3.05, 3.63) is 112 Å². The fraction of sp³-hybridized carbons (Fsp3) is 0.200. The third kappa shape index (κ3) is 5.39. The van der Waals surface area contributed by atoms with E-state index in [1.165, 1.54) is 6.26 Å². The van der Waals surface area contributed by atoms with Crippen molar-refractivity contribution in [1.82, 2.24) is 0 Å². The van der Waals surface area contributed by atoms with Crippen molar-refractivity contribution < 1.29 is 32.9 Å². The molecule has 8 heteroatoms. The number of carbonyl (C=O) groups is 1. The quantitative estimate of drug-likeness (QED) is 0.144. The van der Waals surface area contributed by atoms with Gasteiger partial charge in [0, 0.05) is 23.5 Å². The number of methoxy groups -OCH3 is 3. The maximum atomic E-state index is 13.8. The highest BCUT2D eigenvalue weighted by molar-refractivity contribution is 5.90. The molecule has 0 saturated heterocycles. The van der Waals surface area contributed by atoms with E-state index in [1.807, 2.05) is 48.5 Å². The first-order chi connectivity index (χ1) is 21.0. The largest absolute Gasteiger partial charge is 0.497 e. The Morgan fingerprint density at radius 2 is 1.60 bits per heavy atom. The number of hydrogen-bond acceptors (Lipinski definition) is 8. The molecule has 1 atom stereocenters. The van der Waals surface area contributed by atoms with E-state index in [4.69, 9.17) is 28.1 Å². The molecule has 1 aliphatic rings. The van der Waals surface area contributed by atoms with Crippen LogP contribution in [0.2, 0.25) is 0 Å². The first-order valence-corrected chi connectivity index (χ1v) is 13.9. The van der Waals surface area contributed by atoms with Crippen molar-refractivity contribution in [1.29, 1.82) is 0 Å². The lowest BCUT2D eigenvalue weighted by Crippen LogP contribution is -2.22. The predicted molar refractivity (Wildman–Crippen MR) is 162 cm³/mol. The van der Waals surface area contributed by atoms with Crippen LogP contribution >= 0.6 is 0 Å². The maximum absolute atomic E-state index is 13.8. The second-order valence-electron chi connectivity index (χ2n) is 10.1. The third-order valence-corrected chi connectivity index (χ3v) is 7.68. The van der Waals surface area contributed by atoms with E-state index in [2.05, 4.69) is 0 Å². The summed E-state index contributed by atoms with van der Waals surface area (Å²) in [5.41, 5.74) is 3.73. The number of esters is 1. The van der Waals surface area contributed by atoms with Crippen molar-refractivity contribution in [3.8, 4) is 39.9 Å². The fourth-order valence-electron chi connectivity index (χ4n) is 5.49. The number of benzene rings is 4. The lowest BCUT2D eigenvalue weighted by atomic mass is 9.84. The second-order valence-corrected chi connectivity index (χ2v) is 10.1. The first-order valence-electron chi connectivity index (χ1n) is 13.9. The molecule has 0 bridgehead atoms. The Balaban J connectivity index is 1.37. The Bertz CT molecular complexity index is 1860. The fourth-order valence-corrected chi connectivity index (χ4v) is 5.49. The molecule has 1 aliphatic heterocycles. The first kappa shape index (κ1) is 27.9. The molecule has 0 N–H and O–H groups in total. The summed E-state index contributed by atoms with van der Waals surface area (Å²) in [7, 11) is 4.73. The Labute approximate surface area is 248 Å². The van der Waals surface area contributed by atoms with Crippen LogP contribution in [-0.2, 0) is 11.2 Å². The summed E-state index contributed by atoms with van der Waals surface area (Å²) in [4.78, 5) is 26.5. The topological polar surface area (TPSA) is 93.4 Å². The van der Waals surface area contributed by atoms with E-state index in [1.54, 1.807) is 51.7 Å². The van der Waals surface area contributed by atoms with Gasteiger partial charge in [0.15, 0.2) is 11.5 Å². The minimum atomic E-state index is -0.438. The molecule has 0 amide bonds. The van der Waals surface area contributed by atoms with E-state index in [0.717, 1.165) is 16.9 Å². The van der Waals surface area contributed by atoms with Crippen molar-refractivity contribution in [3.63, 3.8) is 0 Å². The molecule has 0 unspecified atom stereocenters. The highest BCUT2D eigenvalue weighted by atomic mass is 16.5. The van der Waals surface area contributed by atoms with Gasteiger partial charge in [0.05, 0.1) is 45.3 Å². The smallest absolute Gasteiger partial charge is 0.312 e. The minimum absolute atomic E-state index is 0.0755. The number of rotatable bonds is 9. The van der Waals surface area contributed by atoms with Crippen LogP contribution in [0, 0.1) is 0 Å². The van der Waals surface area contributed by atoms with Gasteiger partial charge in [0.1, 0.15) is 29.1 Å². The van der Waals surface area contributed by atoms with Gasteiger partial charge in [0.25, 0.3) is 0 Å². The van der Waals surface area contributed by atoms with Gasteiger partial charge >= 0.3 is 5.97 Å². The van der Waals surface area contributed by atoms with Crippen LogP contribution in [0.5, 0.6) is 28.7 Å². The SMILES string of the molecule is COc1ccc(CCOc2ccccc2[C@H]2CC(=O)Oc3ccc4c(=O)c(-c5ccc(OC)c(OC)c5)coc4c32)cc1. The predicted octanol–water partition coefficient (Wildman–Crippen LogP) is 6.55. The molecule has 218 valence electrons. The van der Waals surface area contributed by atoms with Gasteiger partial charge in [-0.1, -0.05) is 36.4 Å². The van der Waals surface area contributed by atoms with E-state index in [-0.39, 0.29) is 17.8 Å². The average Bonchev–Trinajstić information content (AvgIpc) is 3.04. The molecular weight excluding hydrogens is 548 g/mol. The summed E-state index contributed by atoms with van der Waals surface area (Å²) >= 11 is 0. The van der Waals surface area contributed by atoms with Gasteiger partial charge in [-0.05, 0) is 53.6 Å². The molecular formula is C35H30O8. The van der Waals surface area contributed by atoms with Gasteiger partial charge in [-0.15, -0.1) is 0 Å². The number of hydrogen-bond donors (Lipinski definition) is 0. The minimum Gasteiger partial charge on any atom is -0.497 e. The molecule has 4 aromatic carbocycles. The van der Waals surface area contributed by atoms with Crippen LogP contribution in [0.15, 0.2) is 94.3 Å². The highest BCUT2D eigenvalue weighted by Gasteiger charge is 2.34. The van der Waals surface area contributed by atoms with Gasteiger partial charge < -0.3 is 28.1 Å². The summed E-state index contributed by atoms with van der Waals surface area (Å²) in [5.74, 6) is 2.07. The van der Waals surface area contributed by atoms with Crippen LogP contribution in [0.25, 0.3) is 22.1 Å². The Kier molecular flexibility index (Phi) is 7.75. The molecule has 5 aromatic rings. The van der Waals surface area contributed by atoms with Crippen molar-refractivity contribution in [2.24, 2.45) is 0 Å². The number of ether oxygens (including phenoxy) is 5. The molecule has 6 rings (SSSR count). The van der Waals surface area contributed by atoms with Crippen molar-refractivity contribution in [2.75, 3.05) is 27.9 Å². The van der Waals surface area contributed by atoms with Crippen LogP contribution in [0.4, 0.5) is 0 Å². The van der Waals surface area contributed by atoms with Crippen LogP contribution < -0.4 is 29.1 Å². The lowest BCUT2D eigenvalue weighted by molar-refractivity contribution is -0.135. The van der Waals surface area contributed by atoms with Crippen LogP contribution in [0.1, 0.15) is 29.0 Å². The average molecular weight is 579 g/mol. The van der Waals surface area contributed by atoms with E-state index < -0.39 is 5.92 Å². The van der Waals surface area contributed by atoms with Crippen LogP contribution in [-0.4, -0.2) is 33.9 Å². The molecule has 0 aliphatic carbocycles.